The first-order valence-electron chi connectivity index (χ1n) is 6.34. The third-order valence-electron chi connectivity index (χ3n) is 3.72. The van der Waals surface area contributed by atoms with Crippen molar-refractivity contribution in [3.05, 3.63) is 64.1 Å². The van der Waals surface area contributed by atoms with Gasteiger partial charge in [-0.3, -0.25) is 0 Å². The zero-order valence-corrected chi connectivity index (χ0v) is 11.9. The first-order valence-corrected chi connectivity index (χ1v) is 7.13. The molecule has 2 aromatic carbocycles. The fourth-order valence-electron chi connectivity index (χ4n) is 2.73. The van der Waals surface area contributed by atoms with Gasteiger partial charge >= 0.3 is 0 Å². The molecule has 2 aromatic rings. The van der Waals surface area contributed by atoms with E-state index in [2.05, 4.69) is 76.7 Å². The second-order valence-electron chi connectivity index (χ2n) is 4.96. The van der Waals surface area contributed by atoms with Crippen molar-refractivity contribution in [2.45, 2.75) is 25.3 Å². The van der Waals surface area contributed by atoms with Crippen LogP contribution in [0.2, 0.25) is 0 Å². The van der Waals surface area contributed by atoms with Crippen LogP contribution in [-0.4, -0.2) is 6.04 Å². The van der Waals surface area contributed by atoms with Crippen LogP contribution in [0.5, 0.6) is 0 Å². The summed E-state index contributed by atoms with van der Waals surface area (Å²) in [6.45, 7) is 2.27. The zero-order chi connectivity index (χ0) is 12.5. The first-order chi connectivity index (χ1) is 8.74. The largest absolute Gasteiger partial charge is 0.382 e. The molecule has 1 heterocycles. The molecule has 2 atom stereocenters. The molecule has 92 valence electrons. The molecule has 1 nitrogen and oxygen atoms in total. The molecule has 0 aliphatic carbocycles. The molecule has 0 saturated heterocycles. The van der Waals surface area contributed by atoms with Gasteiger partial charge in [0.05, 0.1) is 0 Å². The molecule has 2 heteroatoms. The van der Waals surface area contributed by atoms with Crippen LogP contribution in [0.3, 0.4) is 0 Å². The number of nitrogens with one attached hydrogen (secondary N) is 1. The number of benzene rings is 2. The van der Waals surface area contributed by atoms with E-state index in [1.165, 1.54) is 16.8 Å². The van der Waals surface area contributed by atoms with Gasteiger partial charge in [0.1, 0.15) is 0 Å². The molecule has 0 amide bonds. The number of para-hydroxylation sites is 1. The van der Waals surface area contributed by atoms with Gasteiger partial charge in [-0.05, 0) is 42.7 Å². The Balaban J connectivity index is 1.87. The van der Waals surface area contributed by atoms with Crippen molar-refractivity contribution in [3.63, 3.8) is 0 Å². The average Bonchev–Trinajstić information content (AvgIpc) is 2.69. The third kappa shape index (κ3) is 2.17. The zero-order valence-electron chi connectivity index (χ0n) is 10.4. The molecule has 18 heavy (non-hydrogen) atoms. The number of halogens is 1. The Bertz CT molecular complexity index is 547. The standard InChI is InChI=1S/C16H16BrN/c1-11-15(10-12-6-8-13(17)9-7-12)14-4-2-3-5-16(14)18-11/h2-9,11,15,18H,10H2,1H3. The summed E-state index contributed by atoms with van der Waals surface area (Å²) in [6, 6.07) is 17.8. The van der Waals surface area contributed by atoms with Crippen LogP contribution >= 0.6 is 15.9 Å². The molecule has 0 fully saturated rings. The van der Waals surface area contributed by atoms with E-state index in [1.54, 1.807) is 0 Å². The van der Waals surface area contributed by atoms with E-state index in [-0.39, 0.29) is 0 Å². The molecule has 1 aliphatic heterocycles. The topological polar surface area (TPSA) is 12.0 Å². The average molecular weight is 302 g/mol. The van der Waals surface area contributed by atoms with Crippen molar-refractivity contribution in [1.29, 1.82) is 0 Å². The quantitative estimate of drug-likeness (QED) is 0.855. The summed E-state index contributed by atoms with van der Waals surface area (Å²) < 4.78 is 1.14. The summed E-state index contributed by atoms with van der Waals surface area (Å²) in [5.74, 6) is 0.572. The number of rotatable bonds is 2. The van der Waals surface area contributed by atoms with Crippen LogP contribution in [0.25, 0.3) is 0 Å². The van der Waals surface area contributed by atoms with Crippen LogP contribution in [-0.2, 0) is 6.42 Å². The lowest BCUT2D eigenvalue weighted by molar-refractivity contribution is 0.629. The van der Waals surface area contributed by atoms with E-state index in [9.17, 15) is 0 Å². The van der Waals surface area contributed by atoms with Crippen molar-refractivity contribution in [3.8, 4) is 0 Å². The highest BCUT2D eigenvalue weighted by Crippen LogP contribution is 2.37. The highest BCUT2D eigenvalue weighted by molar-refractivity contribution is 9.10. The van der Waals surface area contributed by atoms with Gasteiger partial charge in [-0.15, -0.1) is 0 Å². The van der Waals surface area contributed by atoms with Gasteiger partial charge in [0, 0.05) is 22.1 Å². The second-order valence-corrected chi connectivity index (χ2v) is 5.87. The van der Waals surface area contributed by atoms with Crippen molar-refractivity contribution < 1.29 is 0 Å². The van der Waals surface area contributed by atoms with Crippen molar-refractivity contribution in [1.82, 2.24) is 0 Å². The van der Waals surface area contributed by atoms with Gasteiger partial charge in [0.2, 0.25) is 0 Å². The molecular formula is C16H16BrN. The third-order valence-corrected chi connectivity index (χ3v) is 4.24. The van der Waals surface area contributed by atoms with Gasteiger partial charge < -0.3 is 5.32 Å². The highest BCUT2D eigenvalue weighted by Gasteiger charge is 2.28. The Hall–Kier alpha value is -1.28. The molecule has 1 aliphatic rings. The maximum Gasteiger partial charge on any atom is 0.0378 e. The van der Waals surface area contributed by atoms with Crippen molar-refractivity contribution >= 4 is 21.6 Å². The summed E-state index contributed by atoms with van der Waals surface area (Å²) in [4.78, 5) is 0. The summed E-state index contributed by atoms with van der Waals surface area (Å²) in [5, 5.41) is 3.57. The van der Waals surface area contributed by atoms with Gasteiger partial charge in [0.15, 0.2) is 0 Å². The van der Waals surface area contributed by atoms with E-state index in [0.29, 0.717) is 12.0 Å². The Labute approximate surface area is 116 Å². The van der Waals surface area contributed by atoms with Gasteiger partial charge in [-0.1, -0.05) is 46.3 Å². The summed E-state index contributed by atoms with van der Waals surface area (Å²) in [7, 11) is 0. The van der Waals surface area contributed by atoms with Gasteiger partial charge in [-0.2, -0.15) is 0 Å². The van der Waals surface area contributed by atoms with Crippen LogP contribution in [0.4, 0.5) is 5.69 Å². The molecule has 0 bridgehead atoms. The fourth-order valence-corrected chi connectivity index (χ4v) is 2.99. The lowest BCUT2D eigenvalue weighted by atomic mass is 9.89. The fraction of sp³-hybridized carbons (Fsp3) is 0.250. The van der Waals surface area contributed by atoms with Crippen LogP contribution < -0.4 is 5.32 Å². The number of hydrogen-bond donors (Lipinski definition) is 1. The minimum atomic E-state index is 0.506. The Morgan fingerprint density at radius 2 is 1.78 bits per heavy atom. The Kier molecular flexibility index (Phi) is 3.13. The molecule has 0 radical (unpaired) electrons. The maximum absolute atomic E-state index is 3.57. The van der Waals surface area contributed by atoms with Crippen LogP contribution in [0.15, 0.2) is 53.0 Å². The first kappa shape index (κ1) is 11.8. The molecule has 0 aromatic heterocycles. The van der Waals surface area contributed by atoms with E-state index >= 15 is 0 Å². The van der Waals surface area contributed by atoms with E-state index in [1.807, 2.05) is 0 Å². The van der Waals surface area contributed by atoms with Crippen LogP contribution in [0, 0.1) is 0 Å². The molecule has 2 unspecified atom stereocenters. The highest BCUT2D eigenvalue weighted by atomic mass is 79.9. The van der Waals surface area contributed by atoms with E-state index < -0.39 is 0 Å². The van der Waals surface area contributed by atoms with Gasteiger partial charge in [-0.25, -0.2) is 0 Å². The van der Waals surface area contributed by atoms with Gasteiger partial charge in [0.25, 0.3) is 0 Å². The second kappa shape index (κ2) is 4.77. The SMILES string of the molecule is CC1Nc2ccccc2C1Cc1ccc(Br)cc1. The Morgan fingerprint density at radius 3 is 2.56 bits per heavy atom. The Morgan fingerprint density at radius 1 is 1.06 bits per heavy atom. The van der Waals surface area contributed by atoms with Crippen molar-refractivity contribution in [2.75, 3.05) is 5.32 Å². The molecule has 0 saturated carbocycles. The molecule has 1 N–H and O–H groups in total. The van der Waals surface area contributed by atoms with E-state index in [4.69, 9.17) is 0 Å². The van der Waals surface area contributed by atoms with E-state index in [0.717, 1.165) is 10.9 Å². The molecule has 3 rings (SSSR count). The number of hydrogen-bond acceptors (Lipinski definition) is 1. The smallest absolute Gasteiger partial charge is 0.0378 e. The monoisotopic (exact) mass is 301 g/mol. The predicted octanol–water partition coefficient (Wildman–Crippen LogP) is 4.59. The number of anilines is 1. The number of fused-ring (bicyclic) bond motifs is 1. The minimum Gasteiger partial charge on any atom is -0.382 e. The summed E-state index contributed by atoms with van der Waals surface area (Å²) in [5.41, 5.74) is 4.15. The van der Waals surface area contributed by atoms with Crippen molar-refractivity contribution in [2.24, 2.45) is 0 Å². The maximum atomic E-state index is 3.57. The lowest BCUT2D eigenvalue weighted by Gasteiger charge is -2.16. The lowest BCUT2D eigenvalue weighted by Crippen LogP contribution is -2.17. The summed E-state index contributed by atoms with van der Waals surface area (Å²) in [6.07, 6.45) is 1.10. The minimum absolute atomic E-state index is 0.506. The molecule has 0 spiro atoms. The summed E-state index contributed by atoms with van der Waals surface area (Å²) >= 11 is 3.48. The normalized spacial score (nSPS) is 21.4. The van der Waals surface area contributed by atoms with Crippen LogP contribution in [0.1, 0.15) is 24.0 Å². The molecular weight excluding hydrogens is 286 g/mol. The predicted molar refractivity (Wildman–Crippen MR) is 80.1 cm³/mol.